The predicted molar refractivity (Wildman–Crippen MR) is 75.0 cm³/mol. The Bertz CT molecular complexity index is 515. The lowest BCUT2D eigenvalue weighted by Crippen LogP contribution is -2.27. The summed E-state index contributed by atoms with van der Waals surface area (Å²) in [5.41, 5.74) is 0.373. The van der Waals surface area contributed by atoms with Crippen molar-refractivity contribution in [2.24, 2.45) is 0 Å². The number of rotatable bonds is 4. The third-order valence-corrected chi connectivity index (χ3v) is 3.31. The fraction of sp³-hybridized carbons (Fsp3) is 0.385. The SMILES string of the molecule is O=C(COC(=O)[C@@H]1CCCO1)Nc1cc(Cl)ccc1Cl. The quantitative estimate of drug-likeness (QED) is 0.867. The average molecular weight is 318 g/mol. The van der Waals surface area contributed by atoms with E-state index in [0.29, 0.717) is 28.8 Å². The molecule has 1 amide bonds. The number of benzene rings is 1. The van der Waals surface area contributed by atoms with Crippen molar-refractivity contribution in [1.29, 1.82) is 0 Å². The molecule has 1 aliphatic rings. The second kappa shape index (κ2) is 6.92. The Hall–Kier alpha value is -1.30. The van der Waals surface area contributed by atoms with Crippen molar-refractivity contribution in [3.05, 3.63) is 28.2 Å². The van der Waals surface area contributed by atoms with Crippen molar-refractivity contribution in [2.45, 2.75) is 18.9 Å². The molecule has 1 N–H and O–H groups in total. The Morgan fingerprint density at radius 3 is 2.90 bits per heavy atom. The summed E-state index contributed by atoms with van der Waals surface area (Å²) in [6, 6.07) is 4.69. The summed E-state index contributed by atoms with van der Waals surface area (Å²) in [7, 11) is 0. The van der Waals surface area contributed by atoms with Crippen LogP contribution in [0.25, 0.3) is 0 Å². The van der Waals surface area contributed by atoms with Gasteiger partial charge in [0.2, 0.25) is 0 Å². The Morgan fingerprint density at radius 1 is 1.40 bits per heavy atom. The largest absolute Gasteiger partial charge is 0.454 e. The van der Waals surface area contributed by atoms with E-state index in [1.54, 1.807) is 12.1 Å². The van der Waals surface area contributed by atoms with E-state index in [4.69, 9.17) is 32.7 Å². The molecule has 0 saturated carbocycles. The zero-order valence-corrected chi connectivity index (χ0v) is 12.0. The number of ether oxygens (including phenoxy) is 2. The van der Waals surface area contributed by atoms with Crippen molar-refractivity contribution < 1.29 is 19.1 Å². The molecule has 1 saturated heterocycles. The summed E-state index contributed by atoms with van der Waals surface area (Å²) >= 11 is 11.7. The molecule has 0 bridgehead atoms. The highest BCUT2D eigenvalue weighted by Crippen LogP contribution is 2.25. The number of hydrogen-bond acceptors (Lipinski definition) is 4. The van der Waals surface area contributed by atoms with Gasteiger partial charge in [-0.15, -0.1) is 0 Å². The van der Waals surface area contributed by atoms with Crippen LogP contribution in [0.4, 0.5) is 5.69 Å². The molecular weight excluding hydrogens is 305 g/mol. The van der Waals surface area contributed by atoms with Gasteiger partial charge in [-0.2, -0.15) is 0 Å². The van der Waals surface area contributed by atoms with Crippen molar-refractivity contribution in [3.8, 4) is 0 Å². The Morgan fingerprint density at radius 2 is 2.20 bits per heavy atom. The predicted octanol–water partition coefficient (Wildman–Crippen LogP) is 2.65. The maximum absolute atomic E-state index is 11.7. The molecule has 0 aliphatic carbocycles. The molecule has 108 valence electrons. The molecule has 1 aromatic rings. The van der Waals surface area contributed by atoms with E-state index in [0.717, 1.165) is 6.42 Å². The number of esters is 1. The van der Waals surface area contributed by atoms with Crippen LogP contribution < -0.4 is 5.32 Å². The molecule has 1 aliphatic heterocycles. The second-order valence-corrected chi connectivity index (χ2v) is 5.13. The van der Waals surface area contributed by atoms with Gasteiger partial charge in [-0.1, -0.05) is 23.2 Å². The molecule has 1 atom stereocenters. The number of anilines is 1. The minimum atomic E-state index is -0.558. The Balaban J connectivity index is 1.83. The van der Waals surface area contributed by atoms with Gasteiger partial charge in [0.1, 0.15) is 0 Å². The van der Waals surface area contributed by atoms with Crippen LogP contribution in [0.1, 0.15) is 12.8 Å². The molecular formula is C13H13Cl2NO4. The van der Waals surface area contributed by atoms with E-state index in [9.17, 15) is 9.59 Å². The third-order valence-electron chi connectivity index (χ3n) is 2.74. The molecule has 20 heavy (non-hydrogen) atoms. The lowest BCUT2D eigenvalue weighted by molar-refractivity contribution is -0.156. The minimum Gasteiger partial charge on any atom is -0.454 e. The zero-order chi connectivity index (χ0) is 14.5. The van der Waals surface area contributed by atoms with Gasteiger partial charge in [-0.25, -0.2) is 4.79 Å². The van der Waals surface area contributed by atoms with Crippen LogP contribution in [0, 0.1) is 0 Å². The van der Waals surface area contributed by atoms with Crippen molar-refractivity contribution in [1.82, 2.24) is 0 Å². The third kappa shape index (κ3) is 4.10. The first-order chi connectivity index (χ1) is 9.56. The van der Waals surface area contributed by atoms with Crippen LogP contribution in [0.3, 0.4) is 0 Å². The van der Waals surface area contributed by atoms with E-state index in [1.165, 1.54) is 6.07 Å². The van der Waals surface area contributed by atoms with Crippen LogP contribution >= 0.6 is 23.2 Å². The maximum Gasteiger partial charge on any atom is 0.335 e. The molecule has 0 radical (unpaired) electrons. The molecule has 0 aromatic heterocycles. The summed E-state index contributed by atoms with van der Waals surface area (Å²) in [4.78, 5) is 23.2. The molecule has 0 unspecified atom stereocenters. The van der Waals surface area contributed by atoms with E-state index in [1.807, 2.05) is 0 Å². The van der Waals surface area contributed by atoms with Gasteiger partial charge < -0.3 is 14.8 Å². The van der Waals surface area contributed by atoms with Crippen LogP contribution in [-0.2, 0) is 19.1 Å². The molecule has 2 rings (SSSR count). The molecule has 1 aromatic carbocycles. The molecule has 5 nitrogen and oxygen atoms in total. The highest BCUT2D eigenvalue weighted by molar-refractivity contribution is 6.35. The monoisotopic (exact) mass is 317 g/mol. The van der Waals surface area contributed by atoms with E-state index >= 15 is 0 Å². The van der Waals surface area contributed by atoms with Crippen LogP contribution in [-0.4, -0.2) is 31.2 Å². The summed E-state index contributed by atoms with van der Waals surface area (Å²) in [5.74, 6) is -1.00. The van der Waals surface area contributed by atoms with Gasteiger partial charge in [-0.05, 0) is 31.0 Å². The molecule has 0 spiro atoms. The Kier molecular flexibility index (Phi) is 5.23. The van der Waals surface area contributed by atoms with Crippen molar-refractivity contribution >= 4 is 40.8 Å². The van der Waals surface area contributed by atoms with Crippen LogP contribution in [0.15, 0.2) is 18.2 Å². The summed E-state index contributed by atoms with van der Waals surface area (Å²) in [5, 5.41) is 3.32. The van der Waals surface area contributed by atoms with E-state index in [2.05, 4.69) is 5.32 Å². The van der Waals surface area contributed by atoms with E-state index < -0.39 is 18.0 Å². The van der Waals surface area contributed by atoms with Gasteiger partial charge >= 0.3 is 5.97 Å². The smallest absolute Gasteiger partial charge is 0.335 e. The zero-order valence-electron chi connectivity index (χ0n) is 10.5. The first-order valence-corrected chi connectivity index (χ1v) is 6.85. The highest BCUT2D eigenvalue weighted by atomic mass is 35.5. The van der Waals surface area contributed by atoms with E-state index in [-0.39, 0.29) is 6.61 Å². The van der Waals surface area contributed by atoms with Gasteiger partial charge in [-0.3, -0.25) is 4.79 Å². The number of hydrogen-bond donors (Lipinski definition) is 1. The number of nitrogens with one attached hydrogen (secondary N) is 1. The van der Waals surface area contributed by atoms with Crippen molar-refractivity contribution in [2.75, 3.05) is 18.5 Å². The normalized spacial score (nSPS) is 17.8. The molecule has 7 heteroatoms. The van der Waals surface area contributed by atoms with Gasteiger partial charge in [0.15, 0.2) is 12.7 Å². The fourth-order valence-corrected chi connectivity index (χ4v) is 2.11. The van der Waals surface area contributed by atoms with Gasteiger partial charge in [0.25, 0.3) is 5.91 Å². The first-order valence-electron chi connectivity index (χ1n) is 6.09. The highest BCUT2D eigenvalue weighted by Gasteiger charge is 2.25. The summed E-state index contributed by atoms with van der Waals surface area (Å²) in [6.45, 7) is 0.158. The summed E-state index contributed by atoms with van der Waals surface area (Å²) in [6.07, 6.45) is 0.891. The maximum atomic E-state index is 11.7. The van der Waals surface area contributed by atoms with Crippen LogP contribution in [0.2, 0.25) is 10.0 Å². The first kappa shape index (κ1) is 15.1. The fourth-order valence-electron chi connectivity index (χ4n) is 1.77. The molecule has 1 fully saturated rings. The van der Waals surface area contributed by atoms with Crippen LogP contribution in [0.5, 0.6) is 0 Å². The lowest BCUT2D eigenvalue weighted by atomic mass is 10.2. The van der Waals surface area contributed by atoms with Gasteiger partial charge in [0, 0.05) is 11.6 Å². The molecule has 1 heterocycles. The topological polar surface area (TPSA) is 64.6 Å². The number of amides is 1. The lowest BCUT2D eigenvalue weighted by Gasteiger charge is -2.10. The number of halogens is 2. The number of carbonyl (C=O) groups excluding carboxylic acids is 2. The van der Waals surface area contributed by atoms with Crippen molar-refractivity contribution in [3.63, 3.8) is 0 Å². The Labute approximate surface area is 126 Å². The van der Waals surface area contributed by atoms with Gasteiger partial charge in [0.05, 0.1) is 10.7 Å². The minimum absolute atomic E-state index is 0.355. The summed E-state index contributed by atoms with van der Waals surface area (Å²) < 4.78 is 10.0. The standard InChI is InChI=1S/C13H13Cl2NO4/c14-8-3-4-9(15)10(6-8)16-12(17)7-20-13(18)11-2-1-5-19-11/h3-4,6,11H,1-2,5,7H2,(H,16,17)/t11-/m0/s1. The second-order valence-electron chi connectivity index (χ2n) is 4.28. The number of carbonyl (C=O) groups is 2. The average Bonchev–Trinajstić information content (AvgIpc) is 2.94.